The molecule has 0 aliphatic carbocycles. The average Bonchev–Trinajstić information content (AvgIpc) is 2.43. The van der Waals surface area contributed by atoms with Crippen molar-refractivity contribution >= 4 is 5.97 Å². The van der Waals surface area contributed by atoms with Crippen LogP contribution < -0.4 is 0 Å². The molecule has 0 fully saturated rings. The minimum atomic E-state index is -1.04. The van der Waals surface area contributed by atoms with E-state index in [1.54, 1.807) is 0 Å². The molecule has 0 aromatic rings. The van der Waals surface area contributed by atoms with Crippen molar-refractivity contribution in [3.05, 3.63) is 36.7 Å². The van der Waals surface area contributed by atoms with Crippen molar-refractivity contribution in [2.24, 2.45) is 0 Å². The highest BCUT2D eigenvalue weighted by atomic mass is 19.1. The highest BCUT2D eigenvalue weighted by Crippen LogP contribution is 2.03. The predicted octanol–water partition coefficient (Wildman–Crippen LogP) is 5.27. The molecule has 0 spiro atoms. The van der Waals surface area contributed by atoms with E-state index in [-0.39, 0.29) is 6.61 Å². The third kappa shape index (κ3) is 13.1. The van der Waals surface area contributed by atoms with E-state index in [0.717, 1.165) is 19.3 Å². The van der Waals surface area contributed by atoms with Crippen molar-refractivity contribution in [1.29, 1.82) is 0 Å². The Morgan fingerprint density at radius 1 is 1.00 bits per heavy atom. The Labute approximate surface area is 122 Å². The first-order chi connectivity index (χ1) is 9.68. The van der Waals surface area contributed by atoms with Gasteiger partial charge in [0.2, 0.25) is 5.83 Å². The summed E-state index contributed by atoms with van der Waals surface area (Å²) in [5.41, 5.74) is 0. The topological polar surface area (TPSA) is 26.3 Å². The highest BCUT2D eigenvalue weighted by Gasteiger charge is 2.04. The summed E-state index contributed by atoms with van der Waals surface area (Å²) in [6.07, 6.45) is 17.5. The van der Waals surface area contributed by atoms with Gasteiger partial charge in [-0.15, -0.1) is 0 Å². The number of carbonyl (C=O) groups excluding carboxylic acids is 1. The largest absolute Gasteiger partial charge is 0.460 e. The molecule has 0 radical (unpaired) electrons. The molecule has 0 atom stereocenters. The Morgan fingerprint density at radius 2 is 1.55 bits per heavy atom. The lowest BCUT2D eigenvalue weighted by atomic mass is 10.1. The lowest BCUT2D eigenvalue weighted by Gasteiger charge is -1.99. The number of unbranched alkanes of at least 4 members (excludes halogenated alkanes) is 5. The van der Waals surface area contributed by atoms with Gasteiger partial charge in [0.1, 0.15) is 0 Å². The number of rotatable bonds is 12. The molecule has 0 N–H and O–H groups in total. The number of esters is 1. The Bertz CT molecular complexity index is 319. The summed E-state index contributed by atoms with van der Waals surface area (Å²) in [6.45, 7) is 5.29. The fourth-order valence-corrected chi connectivity index (χ4v) is 1.64. The Kier molecular flexibility index (Phi) is 13.1. The molecule has 0 saturated heterocycles. The van der Waals surface area contributed by atoms with E-state index in [1.165, 1.54) is 25.7 Å². The van der Waals surface area contributed by atoms with Crippen LogP contribution >= 0.6 is 0 Å². The van der Waals surface area contributed by atoms with Gasteiger partial charge in [-0.25, -0.2) is 4.79 Å². The average molecular weight is 282 g/mol. The van der Waals surface area contributed by atoms with E-state index in [9.17, 15) is 9.18 Å². The molecule has 0 aromatic heterocycles. The first-order valence-electron chi connectivity index (χ1n) is 7.50. The Morgan fingerprint density at radius 3 is 2.10 bits per heavy atom. The summed E-state index contributed by atoms with van der Waals surface area (Å²) in [5, 5.41) is 0. The Hall–Kier alpha value is -1.38. The van der Waals surface area contributed by atoms with Gasteiger partial charge in [0, 0.05) is 0 Å². The summed E-state index contributed by atoms with van der Waals surface area (Å²) in [5.74, 6) is -2.01. The van der Waals surface area contributed by atoms with Gasteiger partial charge in [0.25, 0.3) is 0 Å². The van der Waals surface area contributed by atoms with E-state index in [4.69, 9.17) is 0 Å². The molecule has 0 aliphatic heterocycles. The fourth-order valence-electron chi connectivity index (χ4n) is 1.64. The number of hydrogen-bond acceptors (Lipinski definition) is 2. The summed E-state index contributed by atoms with van der Waals surface area (Å²) in [7, 11) is 0. The van der Waals surface area contributed by atoms with Crippen LogP contribution in [0.1, 0.15) is 58.3 Å². The lowest BCUT2D eigenvalue weighted by molar-refractivity contribution is -0.140. The van der Waals surface area contributed by atoms with Crippen molar-refractivity contribution in [3.63, 3.8) is 0 Å². The summed E-state index contributed by atoms with van der Waals surface area (Å²) in [4.78, 5) is 10.7. The molecule has 20 heavy (non-hydrogen) atoms. The number of carbonyl (C=O) groups is 1. The van der Waals surface area contributed by atoms with Gasteiger partial charge in [0.15, 0.2) is 0 Å². The molecular formula is C17H27FO2. The van der Waals surface area contributed by atoms with Gasteiger partial charge >= 0.3 is 5.97 Å². The standard InChI is InChI=1S/C17H27FO2/c1-3-4-5-6-7-8-9-10-11-12-13-14-15-20-17(19)16(2)18/h7-8,12-13H,2-6,9-11,14-15H2,1H3. The molecule has 0 saturated carbocycles. The van der Waals surface area contributed by atoms with Crippen LogP contribution in [0.2, 0.25) is 0 Å². The van der Waals surface area contributed by atoms with Gasteiger partial charge in [-0.05, 0) is 38.5 Å². The van der Waals surface area contributed by atoms with E-state index in [0.29, 0.717) is 6.42 Å². The Balaban J connectivity index is 3.32. The van der Waals surface area contributed by atoms with E-state index in [2.05, 4.69) is 36.5 Å². The van der Waals surface area contributed by atoms with Crippen LogP contribution in [0.15, 0.2) is 36.7 Å². The van der Waals surface area contributed by atoms with Crippen molar-refractivity contribution in [2.75, 3.05) is 6.61 Å². The van der Waals surface area contributed by atoms with Gasteiger partial charge in [-0.3, -0.25) is 0 Å². The SMILES string of the molecule is C=C(F)C(=O)OCCC=CCCCC=CCCCCC. The van der Waals surface area contributed by atoms with Crippen molar-refractivity contribution in [3.8, 4) is 0 Å². The van der Waals surface area contributed by atoms with E-state index >= 15 is 0 Å². The molecule has 0 aliphatic rings. The van der Waals surface area contributed by atoms with Gasteiger partial charge in [-0.1, -0.05) is 50.6 Å². The second kappa shape index (κ2) is 14.0. The fraction of sp³-hybridized carbons (Fsp3) is 0.588. The molecule has 0 amide bonds. The number of halogens is 1. The summed E-state index contributed by atoms with van der Waals surface area (Å²) < 4.78 is 16.9. The minimum Gasteiger partial charge on any atom is -0.460 e. The van der Waals surface area contributed by atoms with Gasteiger partial charge in [-0.2, -0.15) is 4.39 Å². The van der Waals surface area contributed by atoms with Crippen molar-refractivity contribution in [2.45, 2.75) is 58.3 Å². The van der Waals surface area contributed by atoms with Crippen LogP contribution in [0.25, 0.3) is 0 Å². The molecule has 0 unspecified atom stereocenters. The number of hydrogen-bond donors (Lipinski definition) is 0. The molecule has 114 valence electrons. The van der Waals surface area contributed by atoms with Crippen LogP contribution in [0.3, 0.4) is 0 Å². The maximum atomic E-state index is 12.2. The quantitative estimate of drug-likeness (QED) is 0.211. The third-order valence-corrected chi connectivity index (χ3v) is 2.79. The zero-order valence-corrected chi connectivity index (χ0v) is 12.6. The van der Waals surface area contributed by atoms with E-state index < -0.39 is 11.8 Å². The third-order valence-electron chi connectivity index (χ3n) is 2.79. The van der Waals surface area contributed by atoms with Gasteiger partial charge in [0.05, 0.1) is 6.61 Å². The normalized spacial score (nSPS) is 11.3. The highest BCUT2D eigenvalue weighted by molar-refractivity contribution is 5.85. The maximum Gasteiger partial charge on any atom is 0.366 e. The second-order valence-corrected chi connectivity index (χ2v) is 4.70. The molecule has 0 heterocycles. The van der Waals surface area contributed by atoms with Crippen LogP contribution in [-0.4, -0.2) is 12.6 Å². The van der Waals surface area contributed by atoms with Crippen LogP contribution in [-0.2, 0) is 9.53 Å². The van der Waals surface area contributed by atoms with Crippen molar-refractivity contribution in [1.82, 2.24) is 0 Å². The zero-order chi connectivity index (χ0) is 15.1. The van der Waals surface area contributed by atoms with Crippen LogP contribution in [0.5, 0.6) is 0 Å². The first kappa shape index (κ1) is 18.6. The summed E-state index contributed by atoms with van der Waals surface area (Å²) in [6, 6.07) is 0. The molecule has 0 aromatic carbocycles. The van der Waals surface area contributed by atoms with Crippen molar-refractivity contribution < 1.29 is 13.9 Å². The second-order valence-electron chi connectivity index (χ2n) is 4.70. The zero-order valence-electron chi connectivity index (χ0n) is 12.6. The minimum absolute atomic E-state index is 0.204. The smallest absolute Gasteiger partial charge is 0.366 e. The number of ether oxygens (including phenoxy) is 1. The lowest BCUT2D eigenvalue weighted by Crippen LogP contribution is -2.04. The molecule has 0 rings (SSSR count). The predicted molar refractivity (Wildman–Crippen MR) is 82.1 cm³/mol. The molecule has 0 bridgehead atoms. The van der Waals surface area contributed by atoms with Crippen LogP contribution in [0, 0.1) is 0 Å². The van der Waals surface area contributed by atoms with Crippen LogP contribution in [0.4, 0.5) is 4.39 Å². The number of allylic oxidation sites excluding steroid dienone is 3. The molecule has 2 nitrogen and oxygen atoms in total. The summed E-state index contributed by atoms with van der Waals surface area (Å²) >= 11 is 0. The monoisotopic (exact) mass is 282 g/mol. The maximum absolute atomic E-state index is 12.2. The van der Waals surface area contributed by atoms with Gasteiger partial charge < -0.3 is 4.74 Å². The molecule has 3 heteroatoms. The first-order valence-corrected chi connectivity index (χ1v) is 7.50. The van der Waals surface area contributed by atoms with E-state index in [1.807, 2.05) is 6.08 Å². The molecular weight excluding hydrogens is 255 g/mol.